The molecule has 2 rings (SSSR count). The summed E-state index contributed by atoms with van der Waals surface area (Å²) in [6.07, 6.45) is 4.70. The second-order valence-corrected chi connectivity index (χ2v) is 5.59. The molecule has 0 bridgehead atoms. The summed E-state index contributed by atoms with van der Waals surface area (Å²) < 4.78 is 12.7. The third-order valence-corrected chi connectivity index (χ3v) is 4.13. The third-order valence-electron chi connectivity index (χ3n) is 3.13. The first kappa shape index (κ1) is 13.4. The fourth-order valence-corrected chi connectivity index (χ4v) is 2.89. The summed E-state index contributed by atoms with van der Waals surface area (Å²) in [4.78, 5) is 14.9. The van der Waals surface area contributed by atoms with Crippen LogP contribution in [0.4, 0.5) is 4.39 Å². The molecule has 1 aromatic carbocycles. The van der Waals surface area contributed by atoms with Crippen LogP contribution in [-0.2, 0) is 4.79 Å². The highest BCUT2D eigenvalue weighted by Crippen LogP contribution is 2.19. The minimum absolute atomic E-state index is 0.200. The fourth-order valence-electron chi connectivity index (χ4n) is 2.09. The van der Waals surface area contributed by atoms with E-state index in [4.69, 9.17) is 0 Å². The van der Waals surface area contributed by atoms with Gasteiger partial charge < -0.3 is 4.90 Å². The highest BCUT2D eigenvalue weighted by atomic mass is 32.2. The average Bonchev–Trinajstić information content (AvgIpc) is 2.66. The highest BCUT2D eigenvalue weighted by molar-refractivity contribution is 8.00. The first-order valence-corrected chi connectivity index (χ1v) is 7.40. The van der Waals surface area contributed by atoms with E-state index in [9.17, 15) is 9.18 Å². The Labute approximate surface area is 112 Å². The molecule has 1 heterocycles. The smallest absolute Gasteiger partial charge is 0.232 e. The summed E-state index contributed by atoms with van der Waals surface area (Å²) in [5.41, 5.74) is 0. The van der Waals surface area contributed by atoms with Crippen molar-refractivity contribution < 1.29 is 9.18 Å². The minimum atomic E-state index is -0.238. The van der Waals surface area contributed by atoms with Crippen LogP contribution in [0.5, 0.6) is 0 Å². The van der Waals surface area contributed by atoms with Crippen molar-refractivity contribution in [3.05, 3.63) is 30.1 Å². The molecule has 0 saturated carbocycles. The van der Waals surface area contributed by atoms with Crippen molar-refractivity contribution >= 4 is 17.7 Å². The predicted octanol–water partition coefficient (Wildman–Crippen LogP) is 3.32. The molecule has 98 valence electrons. The molecule has 0 radical (unpaired) electrons. The molecule has 0 aliphatic carbocycles. The second-order valence-electron chi connectivity index (χ2n) is 4.54. The Morgan fingerprint density at radius 2 is 1.72 bits per heavy atom. The van der Waals surface area contributed by atoms with E-state index in [1.54, 1.807) is 12.1 Å². The third kappa shape index (κ3) is 4.02. The van der Waals surface area contributed by atoms with Crippen molar-refractivity contribution in [1.29, 1.82) is 0 Å². The zero-order chi connectivity index (χ0) is 12.8. The van der Waals surface area contributed by atoms with Gasteiger partial charge in [-0.05, 0) is 37.1 Å². The number of hydrogen-bond acceptors (Lipinski definition) is 2. The van der Waals surface area contributed by atoms with Gasteiger partial charge in [0.25, 0.3) is 0 Å². The van der Waals surface area contributed by atoms with E-state index in [0.29, 0.717) is 5.75 Å². The molecule has 1 amide bonds. The first-order chi connectivity index (χ1) is 8.75. The van der Waals surface area contributed by atoms with Crippen LogP contribution in [0.3, 0.4) is 0 Å². The van der Waals surface area contributed by atoms with Crippen molar-refractivity contribution in [3.63, 3.8) is 0 Å². The van der Waals surface area contributed by atoms with Gasteiger partial charge in [0.15, 0.2) is 0 Å². The topological polar surface area (TPSA) is 20.3 Å². The standard InChI is InChI=1S/C14H18FNOS/c15-12-5-7-13(8-6-12)18-11-14(17)16-9-3-1-2-4-10-16/h5-8H,1-4,9-11H2. The van der Waals surface area contributed by atoms with Crippen LogP contribution in [0, 0.1) is 5.82 Å². The van der Waals surface area contributed by atoms with Crippen molar-refractivity contribution in [3.8, 4) is 0 Å². The lowest BCUT2D eigenvalue weighted by molar-refractivity contribution is -0.128. The van der Waals surface area contributed by atoms with Crippen LogP contribution in [0.15, 0.2) is 29.2 Å². The van der Waals surface area contributed by atoms with Gasteiger partial charge in [0.2, 0.25) is 5.91 Å². The molecule has 4 heteroatoms. The molecule has 0 atom stereocenters. The number of hydrogen-bond donors (Lipinski definition) is 0. The molecular formula is C14H18FNOS. The summed E-state index contributed by atoms with van der Waals surface area (Å²) >= 11 is 1.48. The van der Waals surface area contributed by atoms with Gasteiger partial charge in [-0.15, -0.1) is 11.8 Å². The fraction of sp³-hybridized carbons (Fsp3) is 0.500. The summed E-state index contributed by atoms with van der Waals surface area (Å²) in [5.74, 6) is 0.412. The number of halogens is 1. The van der Waals surface area contributed by atoms with Gasteiger partial charge in [0.05, 0.1) is 5.75 Å². The van der Waals surface area contributed by atoms with Crippen molar-refractivity contribution in [2.45, 2.75) is 30.6 Å². The lowest BCUT2D eigenvalue weighted by atomic mass is 10.2. The quantitative estimate of drug-likeness (QED) is 0.783. The lowest BCUT2D eigenvalue weighted by Crippen LogP contribution is -2.33. The number of thioether (sulfide) groups is 1. The normalized spacial score (nSPS) is 16.4. The van der Waals surface area contributed by atoms with E-state index in [0.717, 1.165) is 30.8 Å². The van der Waals surface area contributed by atoms with E-state index < -0.39 is 0 Å². The van der Waals surface area contributed by atoms with E-state index in [2.05, 4.69) is 0 Å². The minimum Gasteiger partial charge on any atom is -0.342 e. The monoisotopic (exact) mass is 267 g/mol. The second kappa shape index (κ2) is 6.78. The Balaban J connectivity index is 1.81. The van der Waals surface area contributed by atoms with Crippen molar-refractivity contribution in [2.24, 2.45) is 0 Å². The zero-order valence-electron chi connectivity index (χ0n) is 10.4. The highest BCUT2D eigenvalue weighted by Gasteiger charge is 2.15. The molecule has 18 heavy (non-hydrogen) atoms. The molecular weight excluding hydrogens is 249 g/mol. The number of benzene rings is 1. The number of carbonyl (C=O) groups excluding carboxylic acids is 1. The maximum atomic E-state index is 12.7. The molecule has 1 fully saturated rings. The van der Waals surface area contributed by atoms with Gasteiger partial charge in [0.1, 0.15) is 5.82 Å². The largest absolute Gasteiger partial charge is 0.342 e. The van der Waals surface area contributed by atoms with Gasteiger partial charge >= 0.3 is 0 Å². The summed E-state index contributed by atoms with van der Waals surface area (Å²) in [6.45, 7) is 1.78. The average molecular weight is 267 g/mol. The van der Waals surface area contributed by atoms with Gasteiger partial charge in [-0.25, -0.2) is 4.39 Å². The first-order valence-electron chi connectivity index (χ1n) is 6.42. The van der Waals surface area contributed by atoms with Crippen LogP contribution >= 0.6 is 11.8 Å². The maximum Gasteiger partial charge on any atom is 0.232 e. The Hall–Kier alpha value is -1.03. The number of nitrogens with zero attached hydrogens (tertiary/aromatic N) is 1. The molecule has 1 aliphatic rings. The van der Waals surface area contributed by atoms with Gasteiger partial charge in [0, 0.05) is 18.0 Å². The number of carbonyl (C=O) groups is 1. The van der Waals surface area contributed by atoms with E-state index >= 15 is 0 Å². The molecule has 2 nitrogen and oxygen atoms in total. The Morgan fingerprint density at radius 1 is 1.11 bits per heavy atom. The van der Waals surface area contributed by atoms with Crippen LogP contribution < -0.4 is 0 Å². The van der Waals surface area contributed by atoms with Gasteiger partial charge in [-0.1, -0.05) is 12.8 Å². The maximum absolute atomic E-state index is 12.7. The molecule has 0 aromatic heterocycles. The molecule has 1 aromatic rings. The van der Waals surface area contributed by atoms with E-state index in [1.165, 1.54) is 36.7 Å². The zero-order valence-corrected chi connectivity index (χ0v) is 11.2. The Morgan fingerprint density at radius 3 is 2.33 bits per heavy atom. The number of amides is 1. The summed E-state index contributed by atoms with van der Waals surface area (Å²) in [5, 5.41) is 0. The molecule has 0 spiro atoms. The number of likely N-dealkylation sites (tertiary alicyclic amines) is 1. The van der Waals surface area contributed by atoms with Crippen LogP contribution in [0.2, 0.25) is 0 Å². The van der Waals surface area contributed by atoms with Crippen LogP contribution in [0.25, 0.3) is 0 Å². The van der Waals surface area contributed by atoms with Crippen molar-refractivity contribution in [1.82, 2.24) is 4.90 Å². The van der Waals surface area contributed by atoms with Crippen molar-refractivity contribution in [2.75, 3.05) is 18.8 Å². The summed E-state index contributed by atoms with van der Waals surface area (Å²) in [7, 11) is 0. The molecule has 1 saturated heterocycles. The lowest BCUT2D eigenvalue weighted by Gasteiger charge is -2.19. The van der Waals surface area contributed by atoms with Gasteiger partial charge in [-0.3, -0.25) is 4.79 Å². The molecule has 1 aliphatic heterocycles. The Kier molecular flexibility index (Phi) is 5.05. The van der Waals surface area contributed by atoms with Gasteiger partial charge in [-0.2, -0.15) is 0 Å². The predicted molar refractivity (Wildman–Crippen MR) is 72.2 cm³/mol. The molecule has 0 N–H and O–H groups in total. The molecule has 0 unspecified atom stereocenters. The van der Waals surface area contributed by atoms with Crippen LogP contribution in [-0.4, -0.2) is 29.6 Å². The Bertz CT molecular complexity index is 385. The van der Waals surface area contributed by atoms with E-state index in [1.807, 2.05) is 4.90 Å². The summed E-state index contributed by atoms with van der Waals surface area (Å²) in [6, 6.07) is 6.29. The van der Waals surface area contributed by atoms with E-state index in [-0.39, 0.29) is 11.7 Å². The number of rotatable bonds is 3. The van der Waals surface area contributed by atoms with Crippen LogP contribution in [0.1, 0.15) is 25.7 Å². The SMILES string of the molecule is O=C(CSc1ccc(F)cc1)N1CCCCCC1.